The van der Waals surface area contributed by atoms with Gasteiger partial charge in [-0.05, 0) is 105 Å². The van der Waals surface area contributed by atoms with Crippen LogP contribution < -0.4 is 14.8 Å². The number of hydrogen-bond acceptors (Lipinski definition) is 4. The van der Waals surface area contributed by atoms with Gasteiger partial charge in [0, 0.05) is 11.6 Å². The summed E-state index contributed by atoms with van der Waals surface area (Å²) in [6, 6.07) is 26.8. The summed E-state index contributed by atoms with van der Waals surface area (Å²) in [7, 11) is 1.68. The molecule has 5 nitrogen and oxygen atoms in total. The van der Waals surface area contributed by atoms with Crippen molar-refractivity contribution < 1.29 is 14.3 Å². The summed E-state index contributed by atoms with van der Waals surface area (Å²) in [5, 5.41) is 3.04. The topological polar surface area (TPSA) is 50.8 Å². The molecule has 3 aromatic rings. The molecule has 0 bridgehead atoms. The molecule has 1 unspecified atom stereocenters. The highest BCUT2D eigenvalue weighted by molar-refractivity contribution is 5.92. The summed E-state index contributed by atoms with van der Waals surface area (Å²) >= 11 is 0. The van der Waals surface area contributed by atoms with Crippen molar-refractivity contribution in [3.63, 3.8) is 0 Å². The van der Waals surface area contributed by atoms with E-state index in [4.69, 9.17) is 9.47 Å². The van der Waals surface area contributed by atoms with Gasteiger partial charge in [0.2, 0.25) is 5.91 Å². The SMILES string of the molecule is COc1ccc(OC(CCCCCN2CCC(c3cccc(NC(=O)C(C)C)c3)CC2)c2ccccc2)cc1. The predicted molar refractivity (Wildman–Crippen MR) is 160 cm³/mol. The summed E-state index contributed by atoms with van der Waals surface area (Å²) in [6.07, 6.45) is 6.96. The smallest absolute Gasteiger partial charge is 0.226 e. The molecule has 3 aromatic carbocycles. The number of carbonyl (C=O) groups excluding carboxylic acids is 1. The fraction of sp³-hybridized carbons (Fsp3) is 0.441. The first kappa shape index (κ1) is 28.7. The van der Waals surface area contributed by atoms with Crippen molar-refractivity contribution in [3.05, 3.63) is 90.0 Å². The van der Waals surface area contributed by atoms with Gasteiger partial charge in [0.25, 0.3) is 0 Å². The summed E-state index contributed by atoms with van der Waals surface area (Å²) in [6.45, 7) is 7.28. The molecule has 5 heteroatoms. The van der Waals surface area contributed by atoms with Crippen LogP contribution in [0.4, 0.5) is 5.69 Å². The Hall–Kier alpha value is -3.31. The Morgan fingerprint density at radius 2 is 1.62 bits per heavy atom. The molecule has 1 aliphatic rings. The van der Waals surface area contributed by atoms with Gasteiger partial charge in [0.05, 0.1) is 7.11 Å². The predicted octanol–water partition coefficient (Wildman–Crippen LogP) is 7.85. The third-order valence-electron chi connectivity index (χ3n) is 7.69. The largest absolute Gasteiger partial charge is 0.497 e. The van der Waals surface area contributed by atoms with Gasteiger partial charge < -0.3 is 19.7 Å². The molecule has 0 radical (unpaired) electrons. The van der Waals surface area contributed by atoms with Crippen LogP contribution in [0.25, 0.3) is 0 Å². The number of carbonyl (C=O) groups is 1. The van der Waals surface area contributed by atoms with Gasteiger partial charge in [-0.15, -0.1) is 0 Å². The van der Waals surface area contributed by atoms with Gasteiger partial charge in [-0.3, -0.25) is 4.79 Å². The van der Waals surface area contributed by atoms with Crippen molar-refractivity contribution in [3.8, 4) is 11.5 Å². The monoisotopic (exact) mass is 528 g/mol. The number of likely N-dealkylation sites (tertiary alicyclic amines) is 1. The van der Waals surface area contributed by atoms with Crippen LogP contribution in [0.15, 0.2) is 78.9 Å². The molecule has 1 amide bonds. The van der Waals surface area contributed by atoms with E-state index in [2.05, 4.69) is 58.7 Å². The second-order valence-electron chi connectivity index (χ2n) is 10.9. The lowest BCUT2D eigenvalue weighted by atomic mass is 9.89. The lowest BCUT2D eigenvalue weighted by Crippen LogP contribution is -2.33. The maximum absolute atomic E-state index is 12.1. The molecular formula is C34H44N2O3. The van der Waals surface area contributed by atoms with Crippen LogP contribution in [0.2, 0.25) is 0 Å². The number of amides is 1. The minimum absolute atomic E-state index is 0.0119. The third-order valence-corrected chi connectivity index (χ3v) is 7.69. The molecule has 1 N–H and O–H groups in total. The zero-order chi connectivity index (χ0) is 27.5. The molecular weight excluding hydrogens is 484 g/mol. The number of piperidine rings is 1. The zero-order valence-electron chi connectivity index (χ0n) is 23.8. The molecule has 1 fully saturated rings. The van der Waals surface area contributed by atoms with E-state index in [9.17, 15) is 4.79 Å². The van der Waals surface area contributed by atoms with Crippen LogP contribution >= 0.6 is 0 Å². The Morgan fingerprint density at radius 1 is 0.897 bits per heavy atom. The summed E-state index contributed by atoms with van der Waals surface area (Å²) < 4.78 is 11.7. The van der Waals surface area contributed by atoms with E-state index in [0.717, 1.165) is 49.7 Å². The molecule has 208 valence electrons. The second kappa shape index (κ2) is 14.7. The maximum atomic E-state index is 12.1. The highest BCUT2D eigenvalue weighted by Crippen LogP contribution is 2.31. The average molecular weight is 529 g/mol. The number of nitrogens with one attached hydrogen (secondary N) is 1. The van der Waals surface area contributed by atoms with E-state index >= 15 is 0 Å². The van der Waals surface area contributed by atoms with E-state index in [0.29, 0.717) is 5.92 Å². The molecule has 1 saturated heterocycles. The van der Waals surface area contributed by atoms with Gasteiger partial charge in [0.15, 0.2) is 0 Å². The first-order chi connectivity index (χ1) is 19.0. The molecule has 1 heterocycles. The van der Waals surface area contributed by atoms with Gasteiger partial charge in [-0.1, -0.05) is 62.7 Å². The van der Waals surface area contributed by atoms with E-state index in [1.54, 1.807) is 7.11 Å². The molecule has 4 rings (SSSR count). The van der Waals surface area contributed by atoms with Crippen molar-refractivity contribution >= 4 is 11.6 Å². The van der Waals surface area contributed by atoms with Crippen molar-refractivity contribution in [2.24, 2.45) is 5.92 Å². The summed E-state index contributed by atoms with van der Waals surface area (Å²) in [5.41, 5.74) is 3.49. The minimum atomic E-state index is -0.0119. The Morgan fingerprint density at radius 3 is 2.31 bits per heavy atom. The molecule has 0 saturated carbocycles. The van der Waals surface area contributed by atoms with Crippen LogP contribution in [-0.2, 0) is 4.79 Å². The van der Waals surface area contributed by atoms with Crippen LogP contribution in [0, 0.1) is 5.92 Å². The number of benzene rings is 3. The van der Waals surface area contributed by atoms with Crippen LogP contribution in [0.1, 0.15) is 75.5 Å². The Balaban J connectivity index is 1.19. The lowest BCUT2D eigenvalue weighted by molar-refractivity contribution is -0.118. The Labute approximate surface area is 234 Å². The standard InChI is InChI=1S/C34H44N2O3/c1-26(2)34(37)35-30-14-10-13-29(25-30)27-20-23-36(24-21-27)22-9-5-8-15-33(28-11-6-4-7-12-28)39-32-18-16-31(38-3)17-19-32/h4,6-7,10-14,16-19,25-27,33H,5,8-9,15,20-24H2,1-3H3,(H,35,37). The normalized spacial score (nSPS) is 15.2. The van der Waals surface area contributed by atoms with E-state index < -0.39 is 0 Å². The highest BCUT2D eigenvalue weighted by Gasteiger charge is 2.21. The maximum Gasteiger partial charge on any atom is 0.226 e. The van der Waals surface area contributed by atoms with Crippen molar-refractivity contribution in [2.75, 3.05) is 32.1 Å². The molecule has 0 spiro atoms. The molecule has 39 heavy (non-hydrogen) atoms. The number of hydrogen-bond donors (Lipinski definition) is 1. The first-order valence-electron chi connectivity index (χ1n) is 14.5. The van der Waals surface area contributed by atoms with Gasteiger partial charge in [-0.2, -0.15) is 0 Å². The molecule has 0 aromatic heterocycles. The lowest BCUT2D eigenvalue weighted by Gasteiger charge is -2.32. The van der Waals surface area contributed by atoms with Crippen LogP contribution in [0.5, 0.6) is 11.5 Å². The zero-order valence-corrected chi connectivity index (χ0v) is 23.8. The van der Waals surface area contributed by atoms with Gasteiger partial charge in [0.1, 0.15) is 17.6 Å². The van der Waals surface area contributed by atoms with Crippen molar-refractivity contribution in [1.82, 2.24) is 4.90 Å². The number of unbranched alkanes of at least 4 members (excludes halogenated alkanes) is 2. The highest BCUT2D eigenvalue weighted by atomic mass is 16.5. The van der Waals surface area contributed by atoms with Crippen molar-refractivity contribution in [1.29, 1.82) is 0 Å². The Bertz CT molecular complexity index is 1140. The molecule has 0 aliphatic carbocycles. The summed E-state index contributed by atoms with van der Waals surface area (Å²) in [5.74, 6) is 2.34. The van der Waals surface area contributed by atoms with E-state index in [1.807, 2.05) is 44.2 Å². The number of ether oxygens (including phenoxy) is 2. The summed E-state index contributed by atoms with van der Waals surface area (Å²) in [4.78, 5) is 14.7. The number of nitrogens with zero attached hydrogens (tertiary/aromatic N) is 1. The molecule has 1 atom stereocenters. The number of rotatable bonds is 13. The number of anilines is 1. The fourth-order valence-electron chi connectivity index (χ4n) is 5.27. The second-order valence-corrected chi connectivity index (χ2v) is 10.9. The quantitative estimate of drug-likeness (QED) is 0.230. The molecule has 1 aliphatic heterocycles. The van der Waals surface area contributed by atoms with Crippen LogP contribution in [-0.4, -0.2) is 37.6 Å². The average Bonchev–Trinajstić information content (AvgIpc) is 2.97. The third kappa shape index (κ3) is 8.86. The number of methoxy groups -OCH3 is 1. The first-order valence-corrected chi connectivity index (χ1v) is 14.5. The minimum Gasteiger partial charge on any atom is -0.497 e. The van der Waals surface area contributed by atoms with E-state index in [1.165, 1.54) is 36.8 Å². The van der Waals surface area contributed by atoms with Gasteiger partial charge in [-0.25, -0.2) is 0 Å². The van der Waals surface area contributed by atoms with Gasteiger partial charge >= 0.3 is 0 Å². The fourth-order valence-corrected chi connectivity index (χ4v) is 5.27. The van der Waals surface area contributed by atoms with Crippen molar-refractivity contribution in [2.45, 2.75) is 64.4 Å². The Kier molecular flexibility index (Phi) is 10.8. The van der Waals surface area contributed by atoms with E-state index in [-0.39, 0.29) is 17.9 Å². The van der Waals surface area contributed by atoms with Crippen LogP contribution in [0.3, 0.4) is 0 Å².